The fourth-order valence-corrected chi connectivity index (χ4v) is 3.38. The summed E-state index contributed by atoms with van der Waals surface area (Å²) in [6.45, 7) is 3.33. The molecule has 8 heteroatoms. The number of hydrogen-bond acceptors (Lipinski definition) is 6. The first kappa shape index (κ1) is 21.9. The number of amides is 2. The molecule has 0 fully saturated rings. The first-order chi connectivity index (χ1) is 15.9. The molecule has 0 aliphatic carbocycles. The Labute approximate surface area is 190 Å². The number of carbonyl (C=O) groups excluding carboxylic acids is 3. The number of benzene rings is 3. The van der Waals surface area contributed by atoms with E-state index in [1.54, 1.807) is 36.4 Å². The van der Waals surface area contributed by atoms with Gasteiger partial charge in [0.05, 0.1) is 17.8 Å². The number of anilines is 3. The number of para-hydroxylation sites is 1. The van der Waals surface area contributed by atoms with Crippen LogP contribution in [0.5, 0.6) is 11.5 Å². The molecule has 0 unspecified atom stereocenters. The lowest BCUT2D eigenvalue weighted by molar-refractivity contribution is -0.114. The highest BCUT2D eigenvalue weighted by Gasteiger charge is 2.20. The Hall–Kier alpha value is -4.33. The van der Waals surface area contributed by atoms with Crippen LogP contribution in [0.4, 0.5) is 17.1 Å². The third-order valence-corrected chi connectivity index (χ3v) is 5.09. The normalized spacial score (nSPS) is 11.6. The average molecular weight is 445 g/mol. The molecule has 0 bridgehead atoms. The minimum Gasteiger partial charge on any atom is -0.454 e. The fourth-order valence-electron chi connectivity index (χ4n) is 3.38. The van der Waals surface area contributed by atoms with Gasteiger partial charge in [0.25, 0.3) is 5.91 Å². The zero-order chi connectivity index (χ0) is 23.4. The van der Waals surface area contributed by atoms with Gasteiger partial charge in [-0.1, -0.05) is 29.8 Å². The molecule has 0 spiro atoms. The van der Waals surface area contributed by atoms with E-state index < -0.39 is 0 Å². The molecule has 2 amide bonds. The van der Waals surface area contributed by atoms with Crippen molar-refractivity contribution >= 4 is 34.7 Å². The van der Waals surface area contributed by atoms with E-state index >= 15 is 0 Å². The molecule has 0 atom stereocenters. The maximum atomic E-state index is 12.8. The van der Waals surface area contributed by atoms with Crippen molar-refractivity contribution in [3.05, 3.63) is 77.4 Å². The standard InChI is InChI=1S/C25H23N3O5/c1-15-7-9-17(10-8-15)27-25(31)18-5-3-4-6-20(18)26-13-24(30)28-21-12-23-22(32-14-33-23)11-19(21)16(2)29/h3-12,26H,13-14H2,1-2H3,(H,27,31)(H,28,30). The van der Waals surface area contributed by atoms with E-state index in [1.165, 1.54) is 6.92 Å². The van der Waals surface area contributed by atoms with Crippen LogP contribution in [0.2, 0.25) is 0 Å². The lowest BCUT2D eigenvalue weighted by atomic mass is 10.1. The molecule has 0 radical (unpaired) electrons. The van der Waals surface area contributed by atoms with Crippen LogP contribution in [0.25, 0.3) is 0 Å². The Morgan fingerprint density at radius 3 is 2.27 bits per heavy atom. The highest BCUT2D eigenvalue weighted by atomic mass is 16.7. The predicted octanol–water partition coefficient (Wildman–Crippen LogP) is 4.23. The number of ketones is 1. The average Bonchev–Trinajstić information content (AvgIpc) is 3.26. The summed E-state index contributed by atoms with van der Waals surface area (Å²) in [5.41, 5.74) is 3.34. The van der Waals surface area contributed by atoms with Gasteiger partial charge in [-0.3, -0.25) is 14.4 Å². The van der Waals surface area contributed by atoms with Gasteiger partial charge in [-0.25, -0.2) is 0 Å². The van der Waals surface area contributed by atoms with Crippen molar-refractivity contribution < 1.29 is 23.9 Å². The summed E-state index contributed by atoms with van der Waals surface area (Å²) in [4.78, 5) is 37.4. The van der Waals surface area contributed by atoms with Crippen LogP contribution in [0.15, 0.2) is 60.7 Å². The van der Waals surface area contributed by atoms with E-state index in [0.29, 0.717) is 39.7 Å². The molecule has 168 valence electrons. The molecule has 3 N–H and O–H groups in total. The van der Waals surface area contributed by atoms with Crippen LogP contribution >= 0.6 is 0 Å². The molecule has 3 aromatic rings. The molecule has 0 saturated heterocycles. The van der Waals surface area contributed by atoms with Crippen molar-refractivity contribution in [3.63, 3.8) is 0 Å². The molecular formula is C25H23N3O5. The Bertz CT molecular complexity index is 1220. The second kappa shape index (κ2) is 9.44. The van der Waals surface area contributed by atoms with Crippen molar-refractivity contribution in [2.75, 3.05) is 29.3 Å². The SMILES string of the molecule is CC(=O)c1cc2c(cc1NC(=O)CNc1ccccc1C(=O)Nc1ccc(C)cc1)OCO2. The summed E-state index contributed by atoms with van der Waals surface area (Å²) in [6.07, 6.45) is 0. The van der Waals surface area contributed by atoms with Crippen LogP contribution in [0.1, 0.15) is 33.2 Å². The molecule has 1 heterocycles. The highest BCUT2D eigenvalue weighted by Crippen LogP contribution is 2.37. The zero-order valence-corrected chi connectivity index (χ0v) is 18.2. The largest absolute Gasteiger partial charge is 0.454 e. The monoisotopic (exact) mass is 445 g/mol. The second-order valence-electron chi connectivity index (χ2n) is 7.57. The van der Waals surface area contributed by atoms with E-state index in [4.69, 9.17) is 9.47 Å². The molecule has 8 nitrogen and oxygen atoms in total. The Morgan fingerprint density at radius 1 is 0.848 bits per heavy atom. The van der Waals surface area contributed by atoms with Crippen LogP contribution in [-0.4, -0.2) is 30.9 Å². The number of aryl methyl sites for hydroxylation is 1. The van der Waals surface area contributed by atoms with Crippen molar-refractivity contribution in [1.29, 1.82) is 0 Å². The number of nitrogens with one attached hydrogen (secondary N) is 3. The smallest absolute Gasteiger partial charge is 0.257 e. The van der Waals surface area contributed by atoms with Crippen LogP contribution in [-0.2, 0) is 4.79 Å². The highest BCUT2D eigenvalue weighted by molar-refractivity contribution is 6.09. The molecular weight excluding hydrogens is 422 g/mol. The third kappa shape index (κ3) is 5.12. The number of carbonyl (C=O) groups is 3. The molecule has 0 aromatic heterocycles. The van der Waals surface area contributed by atoms with Gasteiger partial charge < -0.3 is 25.4 Å². The molecule has 1 aliphatic heterocycles. The second-order valence-corrected chi connectivity index (χ2v) is 7.57. The minimum atomic E-state index is -0.384. The molecule has 3 aromatic carbocycles. The summed E-state index contributed by atoms with van der Waals surface area (Å²) >= 11 is 0. The summed E-state index contributed by atoms with van der Waals surface area (Å²) in [5.74, 6) is 0.0306. The van der Waals surface area contributed by atoms with Gasteiger partial charge in [-0.2, -0.15) is 0 Å². The molecule has 1 aliphatic rings. The number of ether oxygens (including phenoxy) is 2. The van der Waals surface area contributed by atoms with Gasteiger partial charge in [0, 0.05) is 23.0 Å². The third-order valence-electron chi connectivity index (χ3n) is 5.09. The van der Waals surface area contributed by atoms with Gasteiger partial charge in [0.1, 0.15) is 0 Å². The number of fused-ring (bicyclic) bond motifs is 1. The van der Waals surface area contributed by atoms with Crippen LogP contribution in [0.3, 0.4) is 0 Å². The number of hydrogen-bond donors (Lipinski definition) is 3. The minimum absolute atomic E-state index is 0.0626. The maximum Gasteiger partial charge on any atom is 0.257 e. The Morgan fingerprint density at radius 2 is 1.55 bits per heavy atom. The van der Waals surface area contributed by atoms with Gasteiger partial charge in [0.2, 0.25) is 12.7 Å². The first-order valence-corrected chi connectivity index (χ1v) is 10.4. The van der Waals surface area contributed by atoms with Crippen molar-refractivity contribution in [1.82, 2.24) is 0 Å². The quantitative estimate of drug-likeness (QED) is 0.470. The summed E-state index contributed by atoms with van der Waals surface area (Å²) in [5, 5.41) is 8.58. The Balaban J connectivity index is 1.44. The van der Waals surface area contributed by atoms with Crippen molar-refractivity contribution in [2.24, 2.45) is 0 Å². The predicted molar refractivity (Wildman–Crippen MR) is 125 cm³/mol. The molecule has 4 rings (SSSR count). The van der Waals surface area contributed by atoms with Gasteiger partial charge >= 0.3 is 0 Å². The van der Waals surface area contributed by atoms with Gasteiger partial charge in [-0.05, 0) is 44.2 Å². The Kier molecular flexibility index (Phi) is 6.26. The van der Waals surface area contributed by atoms with Crippen molar-refractivity contribution in [3.8, 4) is 11.5 Å². The topological polar surface area (TPSA) is 106 Å². The van der Waals surface area contributed by atoms with Gasteiger partial charge in [0.15, 0.2) is 17.3 Å². The van der Waals surface area contributed by atoms with E-state index in [-0.39, 0.29) is 30.9 Å². The lowest BCUT2D eigenvalue weighted by Crippen LogP contribution is -2.24. The van der Waals surface area contributed by atoms with Crippen LogP contribution in [0, 0.1) is 6.92 Å². The van der Waals surface area contributed by atoms with E-state index in [0.717, 1.165) is 5.56 Å². The van der Waals surface area contributed by atoms with E-state index in [1.807, 2.05) is 31.2 Å². The lowest BCUT2D eigenvalue weighted by Gasteiger charge is -2.14. The first-order valence-electron chi connectivity index (χ1n) is 10.4. The van der Waals surface area contributed by atoms with Gasteiger partial charge in [-0.15, -0.1) is 0 Å². The summed E-state index contributed by atoms with van der Waals surface area (Å²) in [7, 11) is 0. The summed E-state index contributed by atoms with van der Waals surface area (Å²) < 4.78 is 10.6. The van der Waals surface area contributed by atoms with E-state index in [2.05, 4.69) is 16.0 Å². The zero-order valence-electron chi connectivity index (χ0n) is 18.2. The maximum absolute atomic E-state index is 12.8. The van der Waals surface area contributed by atoms with Crippen LogP contribution < -0.4 is 25.4 Å². The molecule has 33 heavy (non-hydrogen) atoms. The van der Waals surface area contributed by atoms with Crippen molar-refractivity contribution in [2.45, 2.75) is 13.8 Å². The number of rotatable bonds is 7. The number of Topliss-reactive ketones (excluding diaryl/α,β-unsaturated/α-hetero) is 1. The molecule has 0 saturated carbocycles. The van der Waals surface area contributed by atoms with E-state index in [9.17, 15) is 14.4 Å². The fraction of sp³-hybridized carbons (Fsp3) is 0.160. The summed E-state index contributed by atoms with van der Waals surface area (Å²) in [6, 6.07) is 17.5.